The smallest absolute Gasteiger partial charge is 0.229 e. The van der Waals surface area contributed by atoms with E-state index in [1.54, 1.807) is 0 Å². The molecule has 1 saturated carbocycles. The number of carbonyl (C=O) groups is 1. The van der Waals surface area contributed by atoms with Gasteiger partial charge in [-0.25, -0.2) is 4.99 Å². The molecule has 1 amide bonds. The van der Waals surface area contributed by atoms with E-state index in [9.17, 15) is 4.79 Å². The molecule has 0 aromatic heterocycles. The third kappa shape index (κ3) is 1.41. The van der Waals surface area contributed by atoms with Crippen LogP contribution in [0.3, 0.4) is 0 Å². The summed E-state index contributed by atoms with van der Waals surface area (Å²) < 4.78 is 0. The number of nitrogens with zero attached hydrogens (tertiary/aromatic N) is 2. The van der Waals surface area contributed by atoms with Crippen molar-refractivity contribution in [1.29, 1.82) is 0 Å². The lowest BCUT2D eigenvalue weighted by atomic mass is 10.1. The number of carbonyl (C=O) groups excluding carboxylic acids is 1. The van der Waals surface area contributed by atoms with Crippen LogP contribution in [0, 0.1) is 5.92 Å². The third-order valence-electron chi connectivity index (χ3n) is 2.38. The molecule has 0 bridgehead atoms. The Bertz CT molecular complexity index is 324. The van der Waals surface area contributed by atoms with E-state index < -0.39 is 0 Å². The topological polar surface area (TPSA) is 32.7 Å². The molecule has 2 aliphatic rings. The molecule has 3 nitrogen and oxygen atoms in total. The first-order chi connectivity index (χ1) is 6.20. The Kier molecular flexibility index (Phi) is 1.79. The number of amides is 1. The van der Waals surface area contributed by atoms with E-state index in [1.807, 2.05) is 6.20 Å². The second-order valence-electron chi connectivity index (χ2n) is 3.46. The summed E-state index contributed by atoms with van der Waals surface area (Å²) in [7, 11) is 0. The number of hydrogen-bond acceptors (Lipinski definition) is 2. The van der Waals surface area contributed by atoms with Gasteiger partial charge < -0.3 is 0 Å². The van der Waals surface area contributed by atoms with Crippen molar-refractivity contribution < 1.29 is 4.79 Å². The molecule has 0 spiro atoms. The fourth-order valence-corrected chi connectivity index (χ4v) is 1.47. The first kappa shape index (κ1) is 8.23. The molecule has 1 aliphatic heterocycles. The van der Waals surface area contributed by atoms with Crippen molar-refractivity contribution in [3.05, 3.63) is 24.0 Å². The van der Waals surface area contributed by atoms with Gasteiger partial charge in [-0.1, -0.05) is 6.58 Å². The van der Waals surface area contributed by atoms with E-state index in [0.29, 0.717) is 5.92 Å². The van der Waals surface area contributed by atoms with Gasteiger partial charge in [-0.3, -0.25) is 9.69 Å². The monoisotopic (exact) mass is 176 g/mol. The molecular formula is C10H12N2O. The first-order valence-electron chi connectivity index (χ1n) is 4.42. The van der Waals surface area contributed by atoms with Crippen molar-refractivity contribution in [2.75, 3.05) is 0 Å². The van der Waals surface area contributed by atoms with E-state index in [-0.39, 0.29) is 5.91 Å². The van der Waals surface area contributed by atoms with Crippen LogP contribution in [0.15, 0.2) is 29.0 Å². The molecule has 0 N–H and O–H groups in total. The number of hydrogen-bond donors (Lipinski definition) is 0. The molecule has 0 saturated heterocycles. The summed E-state index contributed by atoms with van der Waals surface area (Å²) in [6, 6.07) is 0. The van der Waals surface area contributed by atoms with Crippen LogP contribution in [-0.2, 0) is 4.79 Å². The molecule has 2 rings (SSSR count). The maximum Gasteiger partial charge on any atom is 0.229 e. The lowest BCUT2D eigenvalue weighted by Gasteiger charge is -2.22. The largest absolute Gasteiger partial charge is 0.274 e. The van der Waals surface area contributed by atoms with Crippen molar-refractivity contribution >= 4 is 12.2 Å². The van der Waals surface area contributed by atoms with Gasteiger partial charge in [-0.05, 0) is 24.3 Å². The minimum Gasteiger partial charge on any atom is -0.274 e. The van der Waals surface area contributed by atoms with Crippen LogP contribution >= 0.6 is 0 Å². The van der Waals surface area contributed by atoms with Gasteiger partial charge in [0.25, 0.3) is 0 Å². The maximum atomic E-state index is 11.1. The quantitative estimate of drug-likeness (QED) is 0.598. The molecule has 0 unspecified atom stereocenters. The van der Waals surface area contributed by atoms with E-state index >= 15 is 0 Å². The minimum absolute atomic E-state index is 0.0278. The molecule has 0 aromatic carbocycles. The number of rotatable bonds is 1. The SMILES string of the molecule is C=C1C(C2CC2)=CN=CN1C(C)=O. The normalized spacial score (nSPS) is 21.8. The molecule has 0 radical (unpaired) electrons. The zero-order valence-corrected chi connectivity index (χ0v) is 7.66. The van der Waals surface area contributed by atoms with Crippen LogP contribution in [0.5, 0.6) is 0 Å². The number of aliphatic imine (C=N–C) groups is 1. The fraction of sp³-hybridized carbons (Fsp3) is 0.400. The van der Waals surface area contributed by atoms with Crippen LogP contribution in [0.1, 0.15) is 19.8 Å². The zero-order valence-electron chi connectivity index (χ0n) is 7.66. The molecule has 3 heteroatoms. The van der Waals surface area contributed by atoms with Gasteiger partial charge in [0.2, 0.25) is 5.91 Å². The zero-order chi connectivity index (χ0) is 9.42. The molecule has 1 fully saturated rings. The average molecular weight is 176 g/mol. The second kappa shape index (κ2) is 2.83. The van der Waals surface area contributed by atoms with Crippen LogP contribution in [-0.4, -0.2) is 17.1 Å². The van der Waals surface area contributed by atoms with Crippen LogP contribution < -0.4 is 0 Å². The Morgan fingerprint density at radius 1 is 1.69 bits per heavy atom. The van der Waals surface area contributed by atoms with Crippen molar-refractivity contribution in [2.45, 2.75) is 19.8 Å². The van der Waals surface area contributed by atoms with E-state index in [2.05, 4.69) is 11.6 Å². The highest BCUT2D eigenvalue weighted by atomic mass is 16.2. The Morgan fingerprint density at radius 3 is 2.92 bits per heavy atom. The molecule has 1 aliphatic carbocycles. The predicted molar refractivity (Wildman–Crippen MR) is 51.0 cm³/mol. The predicted octanol–water partition coefficient (Wildman–Crippen LogP) is 1.68. The van der Waals surface area contributed by atoms with Crippen LogP contribution in [0.4, 0.5) is 0 Å². The first-order valence-corrected chi connectivity index (χ1v) is 4.42. The van der Waals surface area contributed by atoms with E-state index in [1.165, 1.54) is 31.0 Å². The second-order valence-corrected chi connectivity index (χ2v) is 3.46. The molecule has 13 heavy (non-hydrogen) atoms. The van der Waals surface area contributed by atoms with Crippen molar-refractivity contribution in [2.24, 2.45) is 10.9 Å². The summed E-state index contributed by atoms with van der Waals surface area (Å²) in [5.74, 6) is 0.562. The highest BCUT2D eigenvalue weighted by Crippen LogP contribution is 2.41. The Hall–Kier alpha value is -1.38. The highest BCUT2D eigenvalue weighted by molar-refractivity contribution is 5.90. The molecule has 1 heterocycles. The van der Waals surface area contributed by atoms with Gasteiger partial charge in [0.05, 0.1) is 0 Å². The lowest BCUT2D eigenvalue weighted by molar-refractivity contribution is -0.123. The van der Waals surface area contributed by atoms with Crippen molar-refractivity contribution in [1.82, 2.24) is 4.90 Å². The standard InChI is InChI=1S/C10H12N2O/c1-7-10(9-3-4-9)5-11-6-12(7)8(2)13/h5-6,9H,1,3-4H2,2H3. The summed E-state index contributed by atoms with van der Waals surface area (Å²) in [5.41, 5.74) is 1.92. The molecule has 68 valence electrons. The summed E-state index contributed by atoms with van der Waals surface area (Å²) >= 11 is 0. The third-order valence-corrected chi connectivity index (χ3v) is 2.38. The van der Waals surface area contributed by atoms with Gasteiger partial charge in [0.15, 0.2) is 0 Å². The van der Waals surface area contributed by atoms with Gasteiger partial charge in [0, 0.05) is 18.8 Å². The fourth-order valence-electron chi connectivity index (χ4n) is 1.47. The summed E-state index contributed by atoms with van der Waals surface area (Å²) in [4.78, 5) is 16.7. The van der Waals surface area contributed by atoms with Gasteiger partial charge >= 0.3 is 0 Å². The molecule has 0 aromatic rings. The van der Waals surface area contributed by atoms with Crippen LogP contribution in [0.25, 0.3) is 0 Å². The highest BCUT2D eigenvalue weighted by Gasteiger charge is 2.31. The van der Waals surface area contributed by atoms with Gasteiger partial charge in [-0.2, -0.15) is 0 Å². The van der Waals surface area contributed by atoms with Gasteiger partial charge in [0.1, 0.15) is 6.34 Å². The Morgan fingerprint density at radius 2 is 2.38 bits per heavy atom. The van der Waals surface area contributed by atoms with E-state index in [0.717, 1.165) is 11.3 Å². The van der Waals surface area contributed by atoms with Crippen LogP contribution in [0.2, 0.25) is 0 Å². The lowest BCUT2D eigenvalue weighted by Crippen LogP contribution is -2.28. The Balaban J connectivity index is 2.22. The van der Waals surface area contributed by atoms with Crippen molar-refractivity contribution in [3.8, 4) is 0 Å². The maximum absolute atomic E-state index is 11.1. The van der Waals surface area contributed by atoms with Crippen molar-refractivity contribution in [3.63, 3.8) is 0 Å². The van der Waals surface area contributed by atoms with E-state index in [4.69, 9.17) is 0 Å². The number of allylic oxidation sites excluding steroid dienone is 1. The average Bonchev–Trinajstić information content (AvgIpc) is 2.87. The molecular weight excluding hydrogens is 164 g/mol. The summed E-state index contributed by atoms with van der Waals surface area (Å²) in [6.45, 7) is 5.43. The minimum atomic E-state index is -0.0278. The Labute approximate surface area is 77.4 Å². The molecule has 0 atom stereocenters. The van der Waals surface area contributed by atoms with Gasteiger partial charge in [-0.15, -0.1) is 0 Å². The summed E-state index contributed by atoms with van der Waals surface area (Å²) in [6.07, 6.45) is 5.74. The summed E-state index contributed by atoms with van der Waals surface area (Å²) in [5, 5.41) is 0.